The number of hydrogen-bond acceptors (Lipinski definition) is 6. The molecule has 198 valence electrons. The number of pyridine rings is 1. The summed E-state index contributed by atoms with van der Waals surface area (Å²) in [7, 11) is 1.50. The Morgan fingerprint density at radius 1 is 0.949 bits per heavy atom. The van der Waals surface area contributed by atoms with Crippen LogP contribution in [-0.2, 0) is 12.8 Å². The molecular weight excluding hydrogens is 492 g/mol. The summed E-state index contributed by atoms with van der Waals surface area (Å²) in [6.45, 7) is 1.56. The highest BCUT2D eigenvalue weighted by molar-refractivity contribution is 5.97. The molecule has 2 aromatic heterocycles. The molecule has 9 heteroatoms. The van der Waals surface area contributed by atoms with Gasteiger partial charge in [0.25, 0.3) is 11.8 Å². The maximum atomic E-state index is 13.2. The molecule has 6 rings (SSSR count). The van der Waals surface area contributed by atoms with E-state index in [0.717, 1.165) is 57.3 Å². The van der Waals surface area contributed by atoms with Crippen LogP contribution in [0.1, 0.15) is 57.5 Å². The van der Waals surface area contributed by atoms with E-state index in [0.29, 0.717) is 16.9 Å². The minimum atomic E-state index is -0.464. The molecule has 4 aromatic rings. The van der Waals surface area contributed by atoms with E-state index < -0.39 is 11.3 Å². The molecule has 0 spiro atoms. The number of carbonyl (C=O) groups is 2. The number of hydrogen-bond donors (Lipinski definition) is 2. The number of nitrogens with one attached hydrogen (secondary N) is 2. The Morgan fingerprint density at radius 3 is 2.59 bits per heavy atom. The Balaban J connectivity index is 1.40. The first-order chi connectivity index (χ1) is 19.0. The number of fused-ring (bicyclic) bond motifs is 2. The number of likely N-dealkylation sites (tertiary alicyclic amines) is 1. The number of carbonyl (C=O) groups excluding carboxylic acids is 2. The summed E-state index contributed by atoms with van der Waals surface area (Å²) in [6, 6.07) is 13.5. The summed E-state index contributed by atoms with van der Waals surface area (Å²) in [5.41, 5.74) is 4.68. The summed E-state index contributed by atoms with van der Waals surface area (Å²) in [5, 5.41) is 5.99. The van der Waals surface area contributed by atoms with Crippen LogP contribution in [0.3, 0.4) is 0 Å². The first kappa shape index (κ1) is 24.8. The Labute approximate surface area is 225 Å². The fourth-order valence-electron chi connectivity index (χ4n) is 5.51. The average Bonchev–Trinajstić information content (AvgIpc) is 3.45. The fourth-order valence-corrected chi connectivity index (χ4v) is 5.51. The van der Waals surface area contributed by atoms with Gasteiger partial charge in [-0.05, 0) is 80.0 Å². The first-order valence-corrected chi connectivity index (χ1v) is 13.4. The Morgan fingerprint density at radius 2 is 1.77 bits per heavy atom. The van der Waals surface area contributed by atoms with Gasteiger partial charge in [-0.15, -0.1) is 0 Å². The van der Waals surface area contributed by atoms with Crippen LogP contribution in [0.15, 0.2) is 59.7 Å². The number of rotatable bonds is 5. The minimum absolute atomic E-state index is 0.0185. The molecule has 0 radical (unpaired) electrons. The van der Waals surface area contributed by atoms with E-state index in [-0.39, 0.29) is 22.8 Å². The Kier molecular flexibility index (Phi) is 6.56. The van der Waals surface area contributed by atoms with Gasteiger partial charge in [0.1, 0.15) is 5.56 Å². The van der Waals surface area contributed by atoms with E-state index in [9.17, 15) is 14.4 Å². The van der Waals surface area contributed by atoms with Crippen LogP contribution in [0.5, 0.6) is 0 Å². The van der Waals surface area contributed by atoms with Crippen molar-refractivity contribution in [1.82, 2.24) is 24.8 Å². The number of benzene rings is 2. The molecule has 1 aliphatic heterocycles. The van der Waals surface area contributed by atoms with Crippen molar-refractivity contribution < 1.29 is 9.59 Å². The quantitative estimate of drug-likeness (QED) is 0.410. The van der Waals surface area contributed by atoms with Crippen LogP contribution in [0.25, 0.3) is 16.7 Å². The molecule has 2 aromatic carbocycles. The first-order valence-electron chi connectivity index (χ1n) is 13.4. The van der Waals surface area contributed by atoms with Gasteiger partial charge in [0, 0.05) is 49.5 Å². The molecule has 3 heterocycles. The second kappa shape index (κ2) is 10.3. The zero-order valence-electron chi connectivity index (χ0n) is 21.9. The van der Waals surface area contributed by atoms with Gasteiger partial charge in [-0.1, -0.05) is 12.1 Å². The SMILES string of the molecule is CNC(=O)c1cn(-c2ccc3c(c2)CCC3)c2nc(Nc3cccc(C(=O)N4CCCCC4)c3)ncc2c1=O. The molecule has 1 aliphatic carbocycles. The topological polar surface area (TPSA) is 109 Å². The van der Waals surface area contributed by atoms with Crippen LogP contribution >= 0.6 is 0 Å². The van der Waals surface area contributed by atoms with Crippen molar-refractivity contribution in [1.29, 1.82) is 0 Å². The van der Waals surface area contributed by atoms with Crippen LogP contribution in [0.4, 0.5) is 11.6 Å². The lowest BCUT2D eigenvalue weighted by atomic mass is 10.1. The number of piperidine rings is 1. The third-order valence-electron chi connectivity index (χ3n) is 7.59. The summed E-state index contributed by atoms with van der Waals surface area (Å²) >= 11 is 0. The van der Waals surface area contributed by atoms with Gasteiger partial charge < -0.3 is 20.1 Å². The van der Waals surface area contributed by atoms with E-state index in [1.807, 2.05) is 29.2 Å². The standard InChI is InChI=1S/C30H30N6O3/c1-31-28(38)25-18-36(23-12-11-19-7-5-8-20(19)16-23)27-24(26(25)37)17-32-30(34-27)33-22-10-6-9-21(15-22)29(39)35-13-3-2-4-14-35/h6,9-12,15-18H,2-5,7-8,13-14H2,1H3,(H,31,38)(H,32,33,34). The molecule has 0 atom stereocenters. The van der Waals surface area contributed by atoms with E-state index in [1.54, 1.807) is 16.8 Å². The summed E-state index contributed by atoms with van der Waals surface area (Å²) in [6.07, 6.45) is 9.39. The van der Waals surface area contributed by atoms with Crippen LogP contribution in [0, 0.1) is 0 Å². The highest BCUT2D eigenvalue weighted by Gasteiger charge is 2.20. The largest absolute Gasteiger partial charge is 0.355 e. The maximum absolute atomic E-state index is 13.2. The third kappa shape index (κ3) is 4.76. The monoisotopic (exact) mass is 522 g/mol. The highest BCUT2D eigenvalue weighted by atomic mass is 16.2. The van der Waals surface area contributed by atoms with Crippen molar-refractivity contribution in [2.75, 3.05) is 25.5 Å². The van der Waals surface area contributed by atoms with Crippen molar-refractivity contribution in [3.8, 4) is 5.69 Å². The molecule has 2 N–H and O–H groups in total. The Bertz CT molecular complexity index is 1650. The molecule has 1 fully saturated rings. The van der Waals surface area contributed by atoms with Gasteiger partial charge in [0.05, 0.1) is 5.39 Å². The smallest absolute Gasteiger partial charge is 0.256 e. The molecule has 0 saturated carbocycles. The minimum Gasteiger partial charge on any atom is -0.355 e. The van der Waals surface area contributed by atoms with Crippen molar-refractivity contribution in [2.45, 2.75) is 38.5 Å². The summed E-state index contributed by atoms with van der Waals surface area (Å²) in [5.74, 6) is -0.161. The predicted octanol–water partition coefficient (Wildman–Crippen LogP) is 4.00. The molecule has 1 saturated heterocycles. The van der Waals surface area contributed by atoms with Gasteiger partial charge >= 0.3 is 0 Å². The number of anilines is 2. The number of amides is 2. The summed E-state index contributed by atoms with van der Waals surface area (Å²) < 4.78 is 1.78. The van der Waals surface area contributed by atoms with E-state index in [2.05, 4.69) is 27.8 Å². The van der Waals surface area contributed by atoms with Crippen molar-refractivity contribution in [3.63, 3.8) is 0 Å². The molecule has 39 heavy (non-hydrogen) atoms. The van der Waals surface area contributed by atoms with E-state index in [4.69, 9.17) is 4.98 Å². The van der Waals surface area contributed by atoms with Crippen molar-refractivity contribution >= 4 is 34.5 Å². The Hall–Kier alpha value is -4.53. The van der Waals surface area contributed by atoms with Gasteiger partial charge in [-0.2, -0.15) is 4.98 Å². The van der Waals surface area contributed by atoms with Gasteiger partial charge in [0.15, 0.2) is 5.65 Å². The second-order valence-electron chi connectivity index (χ2n) is 10.1. The fraction of sp³-hybridized carbons (Fsp3) is 0.300. The summed E-state index contributed by atoms with van der Waals surface area (Å²) in [4.78, 5) is 49.8. The van der Waals surface area contributed by atoms with Crippen molar-refractivity contribution in [2.24, 2.45) is 0 Å². The van der Waals surface area contributed by atoms with Gasteiger partial charge in [-0.3, -0.25) is 14.4 Å². The molecule has 0 bridgehead atoms. The lowest BCUT2D eigenvalue weighted by Crippen LogP contribution is -2.35. The lowest BCUT2D eigenvalue weighted by molar-refractivity contribution is 0.0724. The highest BCUT2D eigenvalue weighted by Crippen LogP contribution is 2.26. The van der Waals surface area contributed by atoms with Crippen molar-refractivity contribution in [3.05, 3.63) is 87.3 Å². The normalized spacial score (nSPS) is 14.7. The number of aryl methyl sites for hydroxylation is 2. The van der Waals surface area contributed by atoms with Gasteiger partial charge in [-0.25, -0.2) is 4.98 Å². The molecule has 0 unspecified atom stereocenters. The molecular formula is C30H30N6O3. The predicted molar refractivity (Wildman–Crippen MR) is 150 cm³/mol. The zero-order valence-corrected chi connectivity index (χ0v) is 21.9. The molecule has 9 nitrogen and oxygen atoms in total. The second-order valence-corrected chi connectivity index (χ2v) is 10.1. The van der Waals surface area contributed by atoms with Gasteiger partial charge in [0.2, 0.25) is 11.4 Å². The van der Waals surface area contributed by atoms with Crippen LogP contribution in [-0.4, -0.2) is 51.4 Å². The maximum Gasteiger partial charge on any atom is 0.256 e. The molecule has 2 amide bonds. The third-order valence-corrected chi connectivity index (χ3v) is 7.59. The average molecular weight is 523 g/mol. The van der Waals surface area contributed by atoms with Crippen LogP contribution < -0.4 is 16.1 Å². The van der Waals surface area contributed by atoms with Crippen LogP contribution in [0.2, 0.25) is 0 Å². The number of aromatic nitrogens is 3. The van der Waals surface area contributed by atoms with E-state index >= 15 is 0 Å². The van der Waals surface area contributed by atoms with E-state index in [1.165, 1.54) is 24.4 Å². The number of nitrogens with zero attached hydrogens (tertiary/aromatic N) is 4. The molecule has 2 aliphatic rings. The zero-order chi connectivity index (χ0) is 26.9. The lowest BCUT2D eigenvalue weighted by Gasteiger charge is -2.26.